The zero-order valence-corrected chi connectivity index (χ0v) is 14.3. The summed E-state index contributed by atoms with van der Waals surface area (Å²) >= 11 is 9.81. The van der Waals surface area contributed by atoms with Crippen LogP contribution in [-0.2, 0) is 12.0 Å². The summed E-state index contributed by atoms with van der Waals surface area (Å²) in [6.45, 7) is 7.03. The van der Waals surface area contributed by atoms with Crippen LogP contribution in [0.1, 0.15) is 31.9 Å². The SMILES string of the molecule is CC(C)(C)c1cc(Br)c(Cl)c(OCc2ccccc2)c1. The maximum Gasteiger partial charge on any atom is 0.139 e. The molecule has 2 aromatic rings. The highest BCUT2D eigenvalue weighted by Crippen LogP contribution is 2.37. The molecule has 0 unspecified atom stereocenters. The highest BCUT2D eigenvalue weighted by atomic mass is 79.9. The van der Waals surface area contributed by atoms with Gasteiger partial charge in [0.25, 0.3) is 0 Å². The van der Waals surface area contributed by atoms with Crippen molar-refractivity contribution in [3.63, 3.8) is 0 Å². The van der Waals surface area contributed by atoms with Crippen LogP contribution in [0.25, 0.3) is 0 Å². The van der Waals surface area contributed by atoms with Gasteiger partial charge in [-0.1, -0.05) is 62.7 Å². The minimum atomic E-state index is 0.0535. The average Bonchev–Trinajstić information content (AvgIpc) is 2.40. The van der Waals surface area contributed by atoms with Crippen molar-refractivity contribution < 1.29 is 4.74 Å². The van der Waals surface area contributed by atoms with Crippen molar-refractivity contribution in [1.82, 2.24) is 0 Å². The number of rotatable bonds is 3. The molecule has 0 saturated carbocycles. The van der Waals surface area contributed by atoms with Gasteiger partial charge in [-0.15, -0.1) is 0 Å². The fraction of sp³-hybridized carbons (Fsp3) is 0.294. The molecular formula is C17H18BrClO. The van der Waals surface area contributed by atoms with Crippen LogP contribution in [0.2, 0.25) is 5.02 Å². The fourth-order valence-electron chi connectivity index (χ4n) is 1.84. The van der Waals surface area contributed by atoms with Crippen molar-refractivity contribution in [3.05, 3.63) is 63.1 Å². The molecule has 0 aliphatic rings. The van der Waals surface area contributed by atoms with E-state index in [1.807, 2.05) is 36.4 Å². The van der Waals surface area contributed by atoms with Crippen molar-refractivity contribution in [2.45, 2.75) is 32.8 Å². The van der Waals surface area contributed by atoms with Gasteiger partial charge in [-0.05, 0) is 44.6 Å². The quantitative estimate of drug-likeness (QED) is 0.659. The van der Waals surface area contributed by atoms with E-state index in [0.29, 0.717) is 11.6 Å². The maximum absolute atomic E-state index is 6.31. The van der Waals surface area contributed by atoms with Crippen LogP contribution in [0.5, 0.6) is 5.75 Å². The Morgan fingerprint density at radius 2 is 1.75 bits per heavy atom. The molecule has 0 bridgehead atoms. The Morgan fingerprint density at radius 3 is 2.35 bits per heavy atom. The van der Waals surface area contributed by atoms with E-state index < -0.39 is 0 Å². The molecule has 0 heterocycles. The predicted molar refractivity (Wildman–Crippen MR) is 88.6 cm³/mol. The first-order valence-electron chi connectivity index (χ1n) is 6.54. The number of hydrogen-bond acceptors (Lipinski definition) is 1. The van der Waals surface area contributed by atoms with Crippen molar-refractivity contribution in [2.75, 3.05) is 0 Å². The van der Waals surface area contributed by atoms with Crippen LogP contribution in [-0.4, -0.2) is 0 Å². The first kappa shape index (κ1) is 15.4. The minimum absolute atomic E-state index is 0.0535. The van der Waals surface area contributed by atoms with Gasteiger partial charge < -0.3 is 4.74 Å². The van der Waals surface area contributed by atoms with Crippen molar-refractivity contribution in [2.24, 2.45) is 0 Å². The van der Waals surface area contributed by atoms with Crippen molar-refractivity contribution >= 4 is 27.5 Å². The van der Waals surface area contributed by atoms with Crippen LogP contribution in [0.4, 0.5) is 0 Å². The van der Waals surface area contributed by atoms with Gasteiger partial charge in [0.05, 0.1) is 5.02 Å². The van der Waals surface area contributed by atoms with Gasteiger partial charge in [0, 0.05) is 4.47 Å². The Bertz CT molecular complexity index is 588. The third kappa shape index (κ3) is 3.77. The van der Waals surface area contributed by atoms with Gasteiger partial charge in [0.15, 0.2) is 0 Å². The fourth-order valence-corrected chi connectivity index (χ4v) is 2.44. The summed E-state index contributed by atoms with van der Waals surface area (Å²) in [6, 6.07) is 14.2. The van der Waals surface area contributed by atoms with E-state index in [-0.39, 0.29) is 5.41 Å². The Hall–Kier alpha value is -0.990. The highest BCUT2D eigenvalue weighted by Gasteiger charge is 2.18. The van der Waals surface area contributed by atoms with Gasteiger partial charge in [-0.2, -0.15) is 0 Å². The van der Waals surface area contributed by atoms with E-state index in [0.717, 1.165) is 15.8 Å². The molecule has 0 radical (unpaired) electrons. The second-order valence-electron chi connectivity index (χ2n) is 5.79. The lowest BCUT2D eigenvalue weighted by Crippen LogP contribution is -2.11. The maximum atomic E-state index is 6.31. The summed E-state index contributed by atoms with van der Waals surface area (Å²) in [5.41, 5.74) is 2.37. The van der Waals surface area contributed by atoms with E-state index in [2.05, 4.69) is 42.8 Å². The third-order valence-corrected chi connectivity index (χ3v) is 4.34. The second-order valence-corrected chi connectivity index (χ2v) is 7.03. The molecule has 0 aliphatic carbocycles. The largest absolute Gasteiger partial charge is 0.487 e. The molecule has 106 valence electrons. The van der Waals surface area contributed by atoms with Gasteiger partial charge in [0.2, 0.25) is 0 Å². The van der Waals surface area contributed by atoms with Crippen LogP contribution < -0.4 is 4.74 Å². The Kier molecular flexibility index (Phi) is 4.77. The lowest BCUT2D eigenvalue weighted by molar-refractivity contribution is 0.305. The topological polar surface area (TPSA) is 9.23 Å². The second kappa shape index (κ2) is 6.19. The number of ether oxygens (including phenoxy) is 1. The molecule has 20 heavy (non-hydrogen) atoms. The number of benzene rings is 2. The lowest BCUT2D eigenvalue weighted by Gasteiger charge is -2.21. The van der Waals surface area contributed by atoms with Gasteiger partial charge in [0.1, 0.15) is 12.4 Å². The predicted octanol–water partition coefficient (Wildman–Crippen LogP) is 5.98. The van der Waals surface area contributed by atoms with Crippen molar-refractivity contribution in [3.8, 4) is 5.75 Å². The first-order valence-corrected chi connectivity index (χ1v) is 7.71. The minimum Gasteiger partial charge on any atom is -0.487 e. The summed E-state index contributed by atoms with van der Waals surface area (Å²) in [7, 11) is 0. The normalized spacial score (nSPS) is 11.4. The zero-order valence-electron chi connectivity index (χ0n) is 11.9. The lowest BCUT2D eigenvalue weighted by atomic mass is 9.87. The van der Waals surface area contributed by atoms with Gasteiger partial charge in [-0.3, -0.25) is 0 Å². The molecule has 2 aromatic carbocycles. The average molecular weight is 354 g/mol. The van der Waals surface area contributed by atoms with Crippen molar-refractivity contribution in [1.29, 1.82) is 0 Å². The molecule has 0 spiro atoms. The number of halogens is 2. The molecule has 1 nitrogen and oxygen atoms in total. The summed E-state index contributed by atoms with van der Waals surface area (Å²) in [5.74, 6) is 0.717. The molecule has 0 aliphatic heterocycles. The van der Waals surface area contributed by atoms with Gasteiger partial charge >= 0.3 is 0 Å². The van der Waals surface area contributed by atoms with Crippen LogP contribution in [0.3, 0.4) is 0 Å². The summed E-state index contributed by atoms with van der Waals surface area (Å²) in [5, 5.41) is 0.619. The Labute approximate surface area is 134 Å². The van der Waals surface area contributed by atoms with E-state index in [4.69, 9.17) is 16.3 Å². The smallest absolute Gasteiger partial charge is 0.139 e. The van der Waals surface area contributed by atoms with Crippen LogP contribution >= 0.6 is 27.5 Å². The molecule has 0 N–H and O–H groups in total. The molecule has 0 atom stereocenters. The molecular weight excluding hydrogens is 336 g/mol. The van der Waals surface area contributed by atoms with Crippen LogP contribution in [0, 0.1) is 0 Å². The summed E-state index contributed by atoms with van der Waals surface area (Å²) < 4.78 is 6.75. The number of hydrogen-bond donors (Lipinski definition) is 0. The van der Waals surface area contributed by atoms with E-state index in [9.17, 15) is 0 Å². The highest BCUT2D eigenvalue weighted by molar-refractivity contribution is 9.10. The molecule has 0 aromatic heterocycles. The Morgan fingerprint density at radius 1 is 1.10 bits per heavy atom. The third-order valence-electron chi connectivity index (χ3n) is 3.10. The van der Waals surface area contributed by atoms with Crippen LogP contribution in [0.15, 0.2) is 46.9 Å². The standard InChI is InChI=1S/C17H18BrClO/c1-17(2,3)13-9-14(18)16(19)15(10-13)20-11-12-7-5-4-6-8-12/h4-10H,11H2,1-3H3. The molecule has 0 amide bonds. The van der Waals surface area contributed by atoms with E-state index in [1.54, 1.807) is 0 Å². The summed E-state index contributed by atoms with van der Waals surface area (Å²) in [6.07, 6.45) is 0. The van der Waals surface area contributed by atoms with E-state index in [1.165, 1.54) is 5.56 Å². The summed E-state index contributed by atoms with van der Waals surface area (Å²) in [4.78, 5) is 0. The molecule has 3 heteroatoms. The first-order chi connectivity index (χ1) is 9.38. The molecule has 0 saturated heterocycles. The Balaban J connectivity index is 2.25. The van der Waals surface area contributed by atoms with Gasteiger partial charge in [-0.25, -0.2) is 0 Å². The monoisotopic (exact) mass is 352 g/mol. The zero-order chi connectivity index (χ0) is 14.8. The molecule has 0 fully saturated rings. The van der Waals surface area contributed by atoms with E-state index >= 15 is 0 Å². The molecule has 2 rings (SSSR count).